The van der Waals surface area contributed by atoms with E-state index in [0.29, 0.717) is 19.3 Å². The molecular weight excluding hydrogens is 362 g/mol. The molecule has 28 heavy (non-hydrogen) atoms. The maximum absolute atomic E-state index is 12.7. The van der Waals surface area contributed by atoms with Crippen molar-refractivity contribution in [2.75, 3.05) is 6.61 Å². The van der Waals surface area contributed by atoms with Gasteiger partial charge in [0.2, 0.25) is 11.8 Å². The Morgan fingerprint density at radius 2 is 1.29 bits per heavy atom. The summed E-state index contributed by atoms with van der Waals surface area (Å²) in [5.74, 6) is -3.12. The molecule has 1 atom stereocenters. The molecule has 0 bridgehead atoms. The van der Waals surface area contributed by atoms with Gasteiger partial charge in [-0.05, 0) is 19.3 Å². The van der Waals surface area contributed by atoms with E-state index in [1.54, 1.807) is 0 Å². The second kappa shape index (κ2) is 16.1. The molecule has 0 aliphatic heterocycles. The Labute approximate surface area is 168 Å². The number of amides is 2. The Kier molecular flexibility index (Phi) is 15.0. The molecule has 0 aromatic heterocycles. The molecule has 0 saturated heterocycles. The zero-order valence-electron chi connectivity index (χ0n) is 17.7. The van der Waals surface area contributed by atoms with Crippen LogP contribution in [0.25, 0.3) is 0 Å². The van der Waals surface area contributed by atoms with Crippen LogP contribution in [0.15, 0.2) is 0 Å². The predicted octanol–water partition coefficient (Wildman–Crippen LogP) is 4.08. The molecule has 0 heterocycles. The van der Waals surface area contributed by atoms with Crippen molar-refractivity contribution in [2.45, 2.75) is 104 Å². The largest absolute Gasteiger partial charge is 0.480 e. The molecule has 1 N–H and O–H groups in total. The molecule has 0 rings (SSSR count). The van der Waals surface area contributed by atoms with Crippen molar-refractivity contribution in [3.05, 3.63) is 0 Å². The quantitative estimate of drug-likeness (QED) is 0.310. The summed E-state index contributed by atoms with van der Waals surface area (Å²) in [6.07, 6.45) is 7.16. The normalized spacial score (nSPS) is 11.7. The van der Waals surface area contributed by atoms with Gasteiger partial charge < -0.3 is 9.84 Å². The first-order chi connectivity index (χ1) is 13.4. The van der Waals surface area contributed by atoms with Crippen LogP contribution in [-0.2, 0) is 23.9 Å². The van der Waals surface area contributed by atoms with Crippen LogP contribution < -0.4 is 0 Å². The van der Waals surface area contributed by atoms with Crippen molar-refractivity contribution in [1.82, 2.24) is 4.90 Å². The molecule has 7 nitrogen and oxygen atoms in total. The summed E-state index contributed by atoms with van der Waals surface area (Å²) in [6.45, 7) is 6.11. The van der Waals surface area contributed by atoms with Gasteiger partial charge in [0.05, 0.1) is 13.0 Å². The van der Waals surface area contributed by atoms with Crippen molar-refractivity contribution in [3.8, 4) is 0 Å². The summed E-state index contributed by atoms with van der Waals surface area (Å²) in [6, 6.07) is -1.51. The fourth-order valence-corrected chi connectivity index (χ4v) is 2.86. The van der Waals surface area contributed by atoms with Gasteiger partial charge in [-0.15, -0.1) is 0 Å². The van der Waals surface area contributed by atoms with Gasteiger partial charge in [0, 0.05) is 12.8 Å². The highest BCUT2D eigenvalue weighted by Crippen LogP contribution is 2.16. The molecule has 0 radical (unpaired) electrons. The van der Waals surface area contributed by atoms with E-state index < -0.39 is 36.2 Å². The molecule has 162 valence electrons. The van der Waals surface area contributed by atoms with Gasteiger partial charge in [0.25, 0.3) is 0 Å². The number of aliphatic carboxylic acids is 1. The van der Waals surface area contributed by atoms with E-state index in [-0.39, 0.29) is 19.4 Å². The standard InChI is InChI=1S/C21H37NO6/c1-4-7-9-11-13-18(23)22(19(24)14-12-10-8-5-2)17(21(26)27)16-20(25)28-15-6-3/h17H,4-16H2,1-3H3,(H,26,27). The van der Waals surface area contributed by atoms with Crippen molar-refractivity contribution in [3.63, 3.8) is 0 Å². The van der Waals surface area contributed by atoms with Crippen LogP contribution >= 0.6 is 0 Å². The highest BCUT2D eigenvalue weighted by Gasteiger charge is 2.36. The fourth-order valence-electron chi connectivity index (χ4n) is 2.86. The number of nitrogens with zero attached hydrogens (tertiary/aromatic N) is 1. The number of ether oxygens (including phenoxy) is 1. The predicted molar refractivity (Wildman–Crippen MR) is 107 cm³/mol. The monoisotopic (exact) mass is 399 g/mol. The van der Waals surface area contributed by atoms with Gasteiger partial charge in [-0.25, -0.2) is 4.79 Å². The van der Waals surface area contributed by atoms with Crippen LogP contribution in [0.2, 0.25) is 0 Å². The average Bonchev–Trinajstić information content (AvgIpc) is 2.66. The summed E-state index contributed by atoms with van der Waals surface area (Å²) < 4.78 is 4.96. The molecule has 1 unspecified atom stereocenters. The maximum atomic E-state index is 12.7. The topological polar surface area (TPSA) is 101 Å². The number of hydrogen-bond acceptors (Lipinski definition) is 5. The third-order valence-electron chi connectivity index (χ3n) is 4.45. The Bertz CT molecular complexity index is 467. The van der Waals surface area contributed by atoms with Crippen molar-refractivity contribution < 1.29 is 29.0 Å². The molecule has 2 amide bonds. The van der Waals surface area contributed by atoms with Gasteiger partial charge in [0.1, 0.15) is 6.04 Å². The summed E-state index contributed by atoms with van der Waals surface area (Å²) in [5.41, 5.74) is 0. The lowest BCUT2D eigenvalue weighted by molar-refractivity contribution is -0.161. The van der Waals surface area contributed by atoms with Crippen LogP contribution in [0.4, 0.5) is 0 Å². The molecular formula is C21H37NO6. The number of carbonyl (C=O) groups excluding carboxylic acids is 3. The average molecular weight is 400 g/mol. The van der Waals surface area contributed by atoms with E-state index in [4.69, 9.17) is 4.74 Å². The van der Waals surface area contributed by atoms with Gasteiger partial charge in [0.15, 0.2) is 0 Å². The second-order valence-corrected chi connectivity index (χ2v) is 7.06. The fraction of sp³-hybridized carbons (Fsp3) is 0.810. The minimum atomic E-state index is -1.51. The van der Waals surface area contributed by atoms with E-state index in [0.717, 1.165) is 43.4 Å². The Hall–Kier alpha value is -1.92. The summed E-state index contributed by atoms with van der Waals surface area (Å²) in [4.78, 5) is 49.8. The maximum Gasteiger partial charge on any atom is 0.327 e. The van der Waals surface area contributed by atoms with Crippen LogP contribution in [0.1, 0.15) is 97.8 Å². The van der Waals surface area contributed by atoms with Gasteiger partial charge in [-0.2, -0.15) is 0 Å². The minimum Gasteiger partial charge on any atom is -0.480 e. The first-order valence-corrected chi connectivity index (χ1v) is 10.6. The van der Waals surface area contributed by atoms with Crippen LogP contribution in [0.3, 0.4) is 0 Å². The first kappa shape index (κ1) is 26.1. The second-order valence-electron chi connectivity index (χ2n) is 7.06. The highest BCUT2D eigenvalue weighted by molar-refractivity contribution is 6.00. The molecule has 0 aliphatic rings. The molecule has 0 saturated carbocycles. The van der Waals surface area contributed by atoms with E-state index in [9.17, 15) is 24.3 Å². The summed E-state index contributed by atoms with van der Waals surface area (Å²) in [5, 5.41) is 9.58. The zero-order chi connectivity index (χ0) is 21.4. The summed E-state index contributed by atoms with van der Waals surface area (Å²) >= 11 is 0. The number of esters is 1. The number of rotatable bonds is 16. The Balaban J connectivity index is 5.20. The van der Waals surface area contributed by atoms with Crippen LogP contribution in [0, 0.1) is 0 Å². The number of hydrogen-bond donors (Lipinski definition) is 1. The third-order valence-corrected chi connectivity index (χ3v) is 4.45. The lowest BCUT2D eigenvalue weighted by Gasteiger charge is -2.27. The Morgan fingerprint density at radius 3 is 1.68 bits per heavy atom. The van der Waals surface area contributed by atoms with Crippen molar-refractivity contribution in [2.24, 2.45) is 0 Å². The summed E-state index contributed by atoms with van der Waals surface area (Å²) in [7, 11) is 0. The number of imide groups is 1. The van der Waals surface area contributed by atoms with E-state index in [1.165, 1.54) is 0 Å². The molecule has 0 fully saturated rings. The van der Waals surface area contributed by atoms with E-state index in [1.807, 2.05) is 6.92 Å². The minimum absolute atomic E-state index is 0.106. The third kappa shape index (κ3) is 11.0. The van der Waals surface area contributed by atoms with Crippen LogP contribution in [-0.4, -0.2) is 46.4 Å². The smallest absolute Gasteiger partial charge is 0.327 e. The molecule has 7 heteroatoms. The molecule has 0 aromatic rings. The van der Waals surface area contributed by atoms with Gasteiger partial charge >= 0.3 is 11.9 Å². The van der Waals surface area contributed by atoms with Crippen molar-refractivity contribution >= 4 is 23.8 Å². The van der Waals surface area contributed by atoms with Crippen molar-refractivity contribution in [1.29, 1.82) is 0 Å². The van der Waals surface area contributed by atoms with Gasteiger partial charge in [-0.1, -0.05) is 59.3 Å². The molecule has 0 aliphatic carbocycles. The van der Waals surface area contributed by atoms with Gasteiger partial charge in [-0.3, -0.25) is 19.3 Å². The number of carboxylic acid groups (broad SMARTS) is 1. The SMILES string of the molecule is CCCCCCC(=O)N(C(=O)CCCCCC)C(CC(=O)OCCC)C(=O)O. The lowest BCUT2D eigenvalue weighted by atomic mass is 10.1. The number of carboxylic acids is 1. The number of carbonyl (C=O) groups is 4. The zero-order valence-corrected chi connectivity index (χ0v) is 17.7. The molecule has 0 spiro atoms. The lowest BCUT2D eigenvalue weighted by Crippen LogP contribution is -2.49. The number of unbranched alkanes of at least 4 members (excludes halogenated alkanes) is 6. The van der Waals surface area contributed by atoms with E-state index >= 15 is 0 Å². The van der Waals surface area contributed by atoms with Crippen LogP contribution in [0.5, 0.6) is 0 Å². The highest BCUT2D eigenvalue weighted by atomic mass is 16.5. The Morgan fingerprint density at radius 1 is 0.786 bits per heavy atom. The molecule has 0 aromatic carbocycles. The first-order valence-electron chi connectivity index (χ1n) is 10.6. The van der Waals surface area contributed by atoms with E-state index in [2.05, 4.69) is 13.8 Å².